The van der Waals surface area contributed by atoms with Crippen molar-refractivity contribution in [3.63, 3.8) is 0 Å². The van der Waals surface area contributed by atoms with Gasteiger partial charge < -0.3 is 5.32 Å². The van der Waals surface area contributed by atoms with Crippen molar-refractivity contribution in [2.75, 3.05) is 13.1 Å². The third kappa shape index (κ3) is 3.39. The molecule has 1 aliphatic rings. The number of nitrogens with zero attached hydrogens (tertiary/aromatic N) is 2. The standard InChI is InChI=1S/C11H14F3N3/c12-11(13,14)10-16-6-9(7-17-10)5-8-1-3-15-4-2-8/h6-8,15H,1-5H2. The van der Waals surface area contributed by atoms with Gasteiger partial charge in [0.25, 0.3) is 0 Å². The van der Waals surface area contributed by atoms with Crippen molar-refractivity contribution in [1.29, 1.82) is 0 Å². The van der Waals surface area contributed by atoms with Gasteiger partial charge in [-0.1, -0.05) is 0 Å². The summed E-state index contributed by atoms with van der Waals surface area (Å²) in [6, 6.07) is 0. The molecule has 1 fully saturated rings. The first-order valence-electron chi connectivity index (χ1n) is 5.64. The maximum atomic E-state index is 12.2. The molecule has 0 aromatic carbocycles. The Morgan fingerprint density at radius 1 is 1.18 bits per heavy atom. The topological polar surface area (TPSA) is 37.8 Å². The summed E-state index contributed by atoms with van der Waals surface area (Å²) in [5.41, 5.74) is 0.782. The van der Waals surface area contributed by atoms with Gasteiger partial charge in [0.1, 0.15) is 0 Å². The molecule has 1 N–H and O–H groups in total. The molecule has 0 bridgehead atoms. The van der Waals surface area contributed by atoms with E-state index in [1.54, 1.807) is 0 Å². The molecule has 1 aliphatic heterocycles. The van der Waals surface area contributed by atoms with E-state index in [4.69, 9.17) is 0 Å². The molecule has 1 saturated heterocycles. The maximum Gasteiger partial charge on any atom is 0.451 e. The number of halogens is 3. The van der Waals surface area contributed by atoms with Crippen LogP contribution in [0.1, 0.15) is 24.2 Å². The summed E-state index contributed by atoms with van der Waals surface area (Å²) in [5, 5.41) is 3.25. The van der Waals surface area contributed by atoms with Crippen molar-refractivity contribution in [1.82, 2.24) is 15.3 Å². The SMILES string of the molecule is FC(F)(F)c1ncc(CC2CCNCC2)cn1. The Hall–Kier alpha value is -1.17. The van der Waals surface area contributed by atoms with Gasteiger partial charge in [0, 0.05) is 12.4 Å². The molecule has 94 valence electrons. The van der Waals surface area contributed by atoms with E-state index >= 15 is 0 Å². The van der Waals surface area contributed by atoms with Crippen LogP contribution in [0, 0.1) is 5.92 Å². The van der Waals surface area contributed by atoms with E-state index in [1.807, 2.05) is 0 Å². The van der Waals surface area contributed by atoms with Crippen LogP contribution in [-0.2, 0) is 12.6 Å². The lowest BCUT2D eigenvalue weighted by Crippen LogP contribution is -2.28. The Balaban J connectivity index is 1.98. The third-order valence-electron chi connectivity index (χ3n) is 2.94. The van der Waals surface area contributed by atoms with Crippen LogP contribution in [0.25, 0.3) is 0 Å². The van der Waals surface area contributed by atoms with Crippen molar-refractivity contribution in [2.24, 2.45) is 5.92 Å². The lowest BCUT2D eigenvalue weighted by atomic mass is 9.92. The molecule has 6 heteroatoms. The molecule has 1 aromatic rings. The Morgan fingerprint density at radius 3 is 2.29 bits per heavy atom. The van der Waals surface area contributed by atoms with E-state index in [0.29, 0.717) is 5.92 Å². The van der Waals surface area contributed by atoms with Crippen molar-refractivity contribution in [3.05, 3.63) is 23.8 Å². The van der Waals surface area contributed by atoms with Gasteiger partial charge in [-0.15, -0.1) is 0 Å². The van der Waals surface area contributed by atoms with Crippen molar-refractivity contribution >= 4 is 0 Å². The predicted molar refractivity (Wildman–Crippen MR) is 56.3 cm³/mol. The summed E-state index contributed by atoms with van der Waals surface area (Å²) in [5.74, 6) is -0.539. The number of hydrogen-bond donors (Lipinski definition) is 1. The number of alkyl halides is 3. The second-order valence-electron chi connectivity index (χ2n) is 4.31. The highest BCUT2D eigenvalue weighted by Crippen LogP contribution is 2.26. The van der Waals surface area contributed by atoms with Crippen LogP contribution in [-0.4, -0.2) is 23.1 Å². The van der Waals surface area contributed by atoms with Gasteiger partial charge in [0.15, 0.2) is 0 Å². The number of hydrogen-bond acceptors (Lipinski definition) is 3. The van der Waals surface area contributed by atoms with Gasteiger partial charge in [-0.2, -0.15) is 13.2 Å². The Morgan fingerprint density at radius 2 is 1.76 bits per heavy atom. The molecule has 0 aliphatic carbocycles. The second-order valence-corrected chi connectivity index (χ2v) is 4.31. The second kappa shape index (κ2) is 5.00. The first kappa shape index (κ1) is 12.3. The van der Waals surface area contributed by atoms with E-state index in [2.05, 4.69) is 15.3 Å². The normalized spacial score (nSPS) is 18.3. The molecule has 0 atom stereocenters. The van der Waals surface area contributed by atoms with Crippen LogP contribution in [0.3, 0.4) is 0 Å². The van der Waals surface area contributed by atoms with Crippen LogP contribution in [0.4, 0.5) is 13.2 Å². The highest BCUT2D eigenvalue weighted by Gasteiger charge is 2.34. The van der Waals surface area contributed by atoms with Crippen molar-refractivity contribution in [3.8, 4) is 0 Å². The fraction of sp³-hybridized carbons (Fsp3) is 0.636. The van der Waals surface area contributed by atoms with Gasteiger partial charge in [0.05, 0.1) is 0 Å². The van der Waals surface area contributed by atoms with E-state index in [1.165, 1.54) is 12.4 Å². The zero-order valence-electron chi connectivity index (χ0n) is 9.30. The Labute approximate surface area is 97.5 Å². The molecular formula is C11H14F3N3. The quantitative estimate of drug-likeness (QED) is 0.866. The van der Waals surface area contributed by atoms with Gasteiger partial charge in [0.2, 0.25) is 5.82 Å². The lowest BCUT2D eigenvalue weighted by Gasteiger charge is -2.22. The molecule has 2 heterocycles. The number of piperidine rings is 1. The average Bonchev–Trinajstić information content (AvgIpc) is 2.30. The monoisotopic (exact) mass is 245 g/mol. The maximum absolute atomic E-state index is 12.2. The first-order chi connectivity index (χ1) is 8.05. The molecule has 17 heavy (non-hydrogen) atoms. The van der Waals surface area contributed by atoms with Crippen molar-refractivity contribution in [2.45, 2.75) is 25.4 Å². The number of aromatic nitrogens is 2. The van der Waals surface area contributed by atoms with Gasteiger partial charge >= 0.3 is 6.18 Å². The fourth-order valence-corrected chi connectivity index (χ4v) is 2.03. The van der Waals surface area contributed by atoms with E-state index in [0.717, 1.165) is 37.9 Å². The lowest BCUT2D eigenvalue weighted by molar-refractivity contribution is -0.145. The number of rotatable bonds is 2. The van der Waals surface area contributed by atoms with E-state index < -0.39 is 12.0 Å². The summed E-state index contributed by atoms with van der Waals surface area (Å²) in [6.07, 6.45) is 1.00. The first-order valence-corrected chi connectivity index (χ1v) is 5.64. The molecule has 0 saturated carbocycles. The van der Waals surface area contributed by atoms with Gasteiger partial charge in [-0.3, -0.25) is 0 Å². The molecule has 3 nitrogen and oxygen atoms in total. The summed E-state index contributed by atoms with van der Waals surface area (Å²) in [7, 11) is 0. The number of nitrogens with one attached hydrogen (secondary N) is 1. The average molecular weight is 245 g/mol. The van der Waals surface area contributed by atoms with Gasteiger partial charge in [-0.25, -0.2) is 9.97 Å². The van der Waals surface area contributed by atoms with Gasteiger partial charge in [-0.05, 0) is 43.8 Å². The Bertz CT molecular complexity index is 355. The van der Waals surface area contributed by atoms with Crippen molar-refractivity contribution < 1.29 is 13.2 Å². The smallest absolute Gasteiger partial charge is 0.317 e. The molecule has 0 amide bonds. The van der Waals surface area contributed by atoms with Crippen LogP contribution < -0.4 is 5.32 Å². The van der Waals surface area contributed by atoms with Crippen LogP contribution >= 0.6 is 0 Å². The molecule has 1 aromatic heterocycles. The summed E-state index contributed by atoms with van der Waals surface area (Å²) in [6.45, 7) is 1.96. The molecule has 2 rings (SSSR count). The molecule has 0 spiro atoms. The minimum Gasteiger partial charge on any atom is -0.317 e. The Kier molecular flexibility index (Phi) is 3.61. The summed E-state index contributed by atoms with van der Waals surface area (Å²) < 4.78 is 36.7. The van der Waals surface area contributed by atoms with Crippen LogP contribution in [0.2, 0.25) is 0 Å². The largest absolute Gasteiger partial charge is 0.451 e. The molecule has 0 unspecified atom stereocenters. The minimum absolute atomic E-state index is 0.525. The molecule has 0 radical (unpaired) electrons. The zero-order valence-corrected chi connectivity index (χ0v) is 9.30. The van der Waals surface area contributed by atoms with E-state index in [9.17, 15) is 13.2 Å². The third-order valence-corrected chi connectivity index (χ3v) is 2.94. The highest BCUT2D eigenvalue weighted by atomic mass is 19.4. The summed E-state index contributed by atoms with van der Waals surface area (Å²) >= 11 is 0. The zero-order chi connectivity index (χ0) is 12.3. The van der Waals surface area contributed by atoms with Crippen LogP contribution in [0.15, 0.2) is 12.4 Å². The van der Waals surface area contributed by atoms with Crippen LogP contribution in [0.5, 0.6) is 0 Å². The molecular weight excluding hydrogens is 231 g/mol. The highest BCUT2D eigenvalue weighted by molar-refractivity contribution is 5.07. The minimum atomic E-state index is -4.45. The fourth-order valence-electron chi connectivity index (χ4n) is 2.03. The predicted octanol–water partition coefficient (Wildman–Crippen LogP) is 2.04. The summed E-state index contributed by atoms with van der Waals surface area (Å²) in [4.78, 5) is 6.73. The van der Waals surface area contributed by atoms with E-state index in [-0.39, 0.29) is 0 Å².